The lowest BCUT2D eigenvalue weighted by Crippen LogP contribution is -2.41. The van der Waals surface area contributed by atoms with Crippen LogP contribution in [0, 0.1) is 0 Å². The molecule has 0 spiro atoms. The van der Waals surface area contributed by atoms with Crippen molar-refractivity contribution in [3.05, 3.63) is 76.4 Å². The molecule has 0 fully saturated rings. The average molecular weight is 355 g/mol. The maximum absolute atomic E-state index is 12.3. The van der Waals surface area contributed by atoms with Crippen LogP contribution in [0.1, 0.15) is 31.3 Å². The summed E-state index contributed by atoms with van der Waals surface area (Å²) in [5.74, 6) is -1.40. The minimum absolute atomic E-state index is 0.0688. The average Bonchev–Trinajstić information content (AvgIpc) is 3.33. The number of anilines is 1. The van der Waals surface area contributed by atoms with Crippen LogP contribution in [0.15, 0.2) is 63.9 Å². The number of hydrogen-bond acceptors (Lipinski definition) is 5. The van der Waals surface area contributed by atoms with E-state index in [1.807, 2.05) is 0 Å². The number of amides is 3. The first-order chi connectivity index (χ1) is 12.1. The molecule has 0 bridgehead atoms. The van der Waals surface area contributed by atoms with Crippen molar-refractivity contribution in [1.29, 1.82) is 0 Å². The van der Waals surface area contributed by atoms with E-state index in [4.69, 9.17) is 4.42 Å². The SMILES string of the molecule is O=C(Nc1ccccc1C(=O)NNC(=O)c1ccco1)c1ccsc1. The van der Waals surface area contributed by atoms with Crippen LogP contribution in [0.2, 0.25) is 0 Å². The molecule has 3 amide bonds. The van der Waals surface area contributed by atoms with Crippen molar-refractivity contribution in [2.24, 2.45) is 0 Å². The smallest absolute Gasteiger partial charge is 0.305 e. The zero-order valence-corrected chi connectivity index (χ0v) is 13.6. The van der Waals surface area contributed by atoms with Crippen molar-refractivity contribution < 1.29 is 18.8 Å². The molecule has 8 heteroatoms. The van der Waals surface area contributed by atoms with E-state index in [0.29, 0.717) is 11.3 Å². The lowest BCUT2D eigenvalue weighted by atomic mass is 10.1. The Hall–Kier alpha value is -3.39. The van der Waals surface area contributed by atoms with Gasteiger partial charge >= 0.3 is 5.91 Å². The Bertz CT molecular complexity index is 889. The Morgan fingerprint density at radius 3 is 2.40 bits per heavy atom. The summed E-state index contributed by atoms with van der Waals surface area (Å²) >= 11 is 1.40. The molecule has 2 aromatic heterocycles. The topological polar surface area (TPSA) is 100 Å². The molecule has 3 N–H and O–H groups in total. The molecule has 0 aliphatic carbocycles. The fourth-order valence-electron chi connectivity index (χ4n) is 2.03. The van der Waals surface area contributed by atoms with Gasteiger partial charge in [-0.25, -0.2) is 0 Å². The number of benzene rings is 1. The summed E-state index contributed by atoms with van der Waals surface area (Å²) < 4.78 is 4.93. The van der Waals surface area contributed by atoms with E-state index in [2.05, 4.69) is 16.2 Å². The minimum Gasteiger partial charge on any atom is -0.459 e. The van der Waals surface area contributed by atoms with E-state index in [0.717, 1.165) is 0 Å². The predicted molar refractivity (Wildman–Crippen MR) is 92.4 cm³/mol. The lowest BCUT2D eigenvalue weighted by Gasteiger charge is -2.11. The monoisotopic (exact) mass is 355 g/mol. The Morgan fingerprint density at radius 2 is 1.68 bits per heavy atom. The molecule has 0 saturated heterocycles. The maximum atomic E-state index is 12.3. The molecule has 1 aromatic carbocycles. The number of nitrogens with one attached hydrogen (secondary N) is 3. The van der Waals surface area contributed by atoms with Gasteiger partial charge < -0.3 is 9.73 Å². The van der Waals surface area contributed by atoms with Crippen LogP contribution in [-0.2, 0) is 0 Å². The normalized spacial score (nSPS) is 10.1. The number of thiophene rings is 1. The van der Waals surface area contributed by atoms with Crippen LogP contribution in [0.5, 0.6) is 0 Å². The van der Waals surface area contributed by atoms with Crippen LogP contribution < -0.4 is 16.2 Å². The quantitative estimate of drug-likeness (QED) is 0.626. The molecule has 25 heavy (non-hydrogen) atoms. The lowest BCUT2D eigenvalue weighted by molar-refractivity contribution is 0.0831. The van der Waals surface area contributed by atoms with E-state index in [1.54, 1.807) is 41.1 Å². The molecular weight excluding hydrogens is 342 g/mol. The summed E-state index contributed by atoms with van der Waals surface area (Å²) in [4.78, 5) is 36.2. The van der Waals surface area contributed by atoms with Crippen LogP contribution in [0.3, 0.4) is 0 Å². The molecule has 0 radical (unpaired) electrons. The van der Waals surface area contributed by atoms with Crippen molar-refractivity contribution >= 4 is 34.7 Å². The van der Waals surface area contributed by atoms with E-state index in [1.165, 1.54) is 29.7 Å². The van der Waals surface area contributed by atoms with E-state index in [9.17, 15) is 14.4 Å². The third-order valence-electron chi connectivity index (χ3n) is 3.24. The summed E-state index contributed by atoms with van der Waals surface area (Å²) in [5, 5.41) is 6.18. The number of para-hydroxylation sites is 1. The second-order valence-electron chi connectivity index (χ2n) is 4.90. The molecule has 0 unspecified atom stereocenters. The van der Waals surface area contributed by atoms with Gasteiger partial charge in [0.05, 0.1) is 23.1 Å². The van der Waals surface area contributed by atoms with Crippen LogP contribution in [0.25, 0.3) is 0 Å². The Morgan fingerprint density at radius 1 is 0.880 bits per heavy atom. The Balaban J connectivity index is 1.68. The van der Waals surface area contributed by atoms with Crippen molar-refractivity contribution in [3.63, 3.8) is 0 Å². The third kappa shape index (κ3) is 3.93. The second-order valence-corrected chi connectivity index (χ2v) is 5.68. The molecule has 0 saturated carbocycles. The molecule has 7 nitrogen and oxygen atoms in total. The predicted octanol–water partition coefficient (Wildman–Crippen LogP) is 2.67. The van der Waals surface area contributed by atoms with Gasteiger partial charge in [0.1, 0.15) is 0 Å². The van der Waals surface area contributed by atoms with Gasteiger partial charge in [0.2, 0.25) is 0 Å². The largest absolute Gasteiger partial charge is 0.459 e. The van der Waals surface area contributed by atoms with Crippen molar-refractivity contribution in [3.8, 4) is 0 Å². The summed E-state index contributed by atoms with van der Waals surface area (Å²) in [7, 11) is 0. The highest BCUT2D eigenvalue weighted by atomic mass is 32.1. The van der Waals surface area contributed by atoms with Crippen LogP contribution in [-0.4, -0.2) is 17.7 Å². The maximum Gasteiger partial charge on any atom is 0.305 e. The highest BCUT2D eigenvalue weighted by Crippen LogP contribution is 2.17. The van der Waals surface area contributed by atoms with Crippen molar-refractivity contribution in [1.82, 2.24) is 10.9 Å². The summed E-state index contributed by atoms with van der Waals surface area (Å²) in [5.41, 5.74) is 5.59. The molecule has 0 aliphatic heterocycles. The standard InChI is InChI=1S/C17H13N3O4S/c21-15(11-7-9-25-10-11)18-13-5-2-1-4-12(13)16(22)19-20-17(23)14-6-3-8-24-14/h1-10H,(H,18,21)(H,19,22)(H,20,23). The number of furan rings is 1. The summed E-state index contributed by atoms with van der Waals surface area (Å²) in [6, 6.07) is 11.2. The Labute approximate surface area is 146 Å². The highest BCUT2D eigenvalue weighted by molar-refractivity contribution is 7.08. The van der Waals surface area contributed by atoms with Gasteiger partial charge in [-0.15, -0.1) is 0 Å². The number of rotatable bonds is 4. The van der Waals surface area contributed by atoms with E-state index >= 15 is 0 Å². The fourth-order valence-corrected chi connectivity index (χ4v) is 2.66. The van der Waals surface area contributed by atoms with Gasteiger partial charge in [0.25, 0.3) is 11.8 Å². The number of carbonyl (C=O) groups excluding carboxylic acids is 3. The number of carbonyl (C=O) groups is 3. The first-order valence-corrected chi connectivity index (χ1v) is 8.16. The van der Waals surface area contributed by atoms with E-state index in [-0.39, 0.29) is 17.2 Å². The number of hydrazine groups is 1. The third-order valence-corrected chi connectivity index (χ3v) is 3.92. The molecule has 3 aromatic rings. The molecule has 126 valence electrons. The molecule has 0 atom stereocenters. The first-order valence-electron chi connectivity index (χ1n) is 7.22. The molecule has 3 rings (SSSR count). The summed E-state index contributed by atoms with van der Waals surface area (Å²) in [6.07, 6.45) is 1.35. The van der Waals surface area contributed by atoms with Crippen molar-refractivity contribution in [2.75, 3.05) is 5.32 Å². The van der Waals surface area contributed by atoms with Crippen LogP contribution >= 0.6 is 11.3 Å². The summed E-state index contributed by atoms with van der Waals surface area (Å²) in [6.45, 7) is 0. The van der Waals surface area contributed by atoms with Gasteiger partial charge in [-0.05, 0) is 35.7 Å². The van der Waals surface area contributed by atoms with Crippen molar-refractivity contribution in [2.45, 2.75) is 0 Å². The zero-order valence-electron chi connectivity index (χ0n) is 12.8. The van der Waals surface area contributed by atoms with Crippen LogP contribution in [0.4, 0.5) is 5.69 Å². The highest BCUT2D eigenvalue weighted by Gasteiger charge is 2.16. The Kier molecular flexibility index (Phi) is 4.91. The number of hydrogen-bond donors (Lipinski definition) is 3. The molecular formula is C17H13N3O4S. The van der Waals surface area contributed by atoms with Gasteiger partial charge in [-0.3, -0.25) is 25.2 Å². The van der Waals surface area contributed by atoms with Gasteiger partial charge in [-0.1, -0.05) is 12.1 Å². The van der Waals surface area contributed by atoms with Gasteiger partial charge in [0, 0.05) is 5.38 Å². The van der Waals surface area contributed by atoms with Gasteiger partial charge in [0.15, 0.2) is 5.76 Å². The first kappa shape index (κ1) is 16.5. The minimum atomic E-state index is -0.585. The molecule has 2 heterocycles. The van der Waals surface area contributed by atoms with Gasteiger partial charge in [-0.2, -0.15) is 11.3 Å². The molecule has 0 aliphatic rings. The second kappa shape index (κ2) is 7.45. The zero-order chi connectivity index (χ0) is 17.6. The van der Waals surface area contributed by atoms with E-state index < -0.39 is 11.8 Å². The fraction of sp³-hybridized carbons (Fsp3) is 0.